The van der Waals surface area contributed by atoms with Gasteiger partial charge < -0.3 is 15.2 Å². The first-order chi connectivity index (χ1) is 8.33. The number of ether oxygens (including phenoxy) is 2. The van der Waals surface area contributed by atoms with Crippen LogP contribution in [0.4, 0.5) is 18.9 Å². The maximum absolute atomic E-state index is 11.9. The van der Waals surface area contributed by atoms with Crippen LogP contribution < -0.4 is 10.5 Å². The van der Waals surface area contributed by atoms with Crippen molar-refractivity contribution in [3.05, 3.63) is 23.8 Å². The van der Waals surface area contributed by atoms with Gasteiger partial charge in [-0.1, -0.05) is 0 Å². The van der Waals surface area contributed by atoms with Crippen molar-refractivity contribution in [1.29, 1.82) is 0 Å². The maximum Gasteiger partial charge on any atom is 0.392 e. The summed E-state index contributed by atoms with van der Waals surface area (Å²) in [4.78, 5) is 11.5. The molecule has 1 rings (SSSR count). The van der Waals surface area contributed by atoms with E-state index >= 15 is 0 Å². The third-order valence-electron chi connectivity index (χ3n) is 2.06. The summed E-state index contributed by atoms with van der Waals surface area (Å²) in [6.45, 7) is -0.726. The average molecular weight is 263 g/mol. The number of esters is 1. The van der Waals surface area contributed by atoms with Gasteiger partial charge in [0.15, 0.2) is 0 Å². The second-order valence-corrected chi connectivity index (χ2v) is 3.46. The summed E-state index contributed by atoms with van der Waals surface area (Å²) in [5, 5.41) is 0. The van der Waals surface area contributed by atoms with Crippen LogP contribution in [0.15, 0.2) is 18.2 Å². The number of rotatable bonds is 4. The zero-order chi connectivity index (χ0) is 13.8. The number of anilines is 1. The van der Waals surface area contributed by atoms with Gasteiger partial charge in [-0.25, -0.2) is 4.79 Å². The summed E-state index contributed by atoms with van der Waals surface area (Å²) >= 11 is 0. The molecule has 0 aliphatic heterocycles. The number of hydrogen-bond donors (Lipinski definition) is 1. The molecule has 0 unspecified atom stereocenters. The fraction of sp³-hybridized carbons (Fsp3) is 0.364. The van der Waals surface area contributed by atoms with Gasteiger partial charge in [-0.15, -0.1) is 0 Å². The molecule has 0 atom stereocenters. The molecule has 0 heterocycles. The molecular formula is C11H12F3NO3. The summed E-state index contributed by atoms with van der Waals surface area (Å²) in [6, 6.07) is 4.16. The molecule has 0 fully saturated rings. The quantitative estimate of drug-likeness (QED) is 0.669. The Morgan fingerprint density at radius 2 is 2.06 bits per heavy atom. The molecule has 0 radical (unpaired) electrons. The van der Waals surface area contributed by atoms with E-state index < -0.39 is 25.2 Å². The molecule has 0 bridgehead atoms. The minimum Gasteiger partial charge on any atom is -0.496 e. The lowest BCUT2D eigenvalue weighted by Gasteiger charge is -2.10. The molecule has 18 heavy (non-hydrogen) atoms. The zero-order valence-electron chi connectivity index (χ0n) is 9.58. The van der Waals surface area contributed by atoms with Crippen molar-refractivity contribution >= 4 is 11.7 Å². The average Bonchev–Trinajstić information content (AvgIpc) is 2.26. The van der Waals surface area contributed by atoms with Crippen molar-refractivity contribution in [2.75, 3.05) is 19.5 Å². The lowest BCUT2D eigenvalue weighted by Crippen LogP contribution is -2.15. The zero-order valence-corrected chi connectivity index (χ0v) is 9.58. The van der Waals surface area contributed by atoms with E-state index in [1.807, 2.05) is 0 Å². The van der Waals surface area contributed by atoms with Gasteiger partial charge >= 0.3 is 12.1 Å². The van der Waals surface area contributed by atoms with Crippen LogP contribution >= 0.6 is 0 Å². The van der Waals surface area contributed by atoms with Crippen LogP contribution in [0.2, 0.25) is 0 Å². The minimum absolute atomic E-state index is 0.0360. The highest BCUT2D eigenvalue weighted by molar-refractivity contribution is 5.93. The standard InChI is InChI=1S/C11H12F3NO3/c1-17-9-6-7(15)2-3-8(9)10(16)18-5-4-11(12,13)14/h2-3,6H,4-5,15H2,1H3. The molecule has 1 aromatic carbocycles. The van der Waals surface area contributed by atoms with Crippen LogP contribution in [0, 0.1) is 0 Å². The Labute approximate surface area is 101 Å². The molecular weight excluding hydrogens is 251 g/mol. The van der Waals surface area contributed by atoms with Crippen LogP contribution in [0.3, 0.4) is 0 Å². The Hall–Kier alpha value is -1.92. The van der Waals surface area contributed by atoms with Gasteiger partial charge in [-0.3, -0.25) is 0 Å². The normalized spacial score (nSPS) is 11.1. The van der Waals surface area contributed by atoms with Crippen molar-refractivity contribution < 1.29 is 27.4 Å². The largest absolute Gasteiger partial charge is 0.496 e. The Morgan fingerprint density at radius 3 is 2.61 bits per heavy atom. The van der Waals surface area contributed by atoms with Gasteiger partial charge in [0.1, 0.15) is 17.9 Å². The second-order valence-electron chi connectivity index (χ2n) is 3.46. The van der Waals surface area contributed by atoms with Crippen molar-refractivity contribution in [3.63, 3.8) is 0 Å². The van der Waals surface area contributed by atoms with Crippen LogP contribution in [-0.2, 0) is 4.74 Å². The number of carbonyl (C=O) groups is 1. The maximum atomic E-state index is 11.9. The fourth-order valence-electron chi connectivity index (χ4n) is 1.21. The molecule has 4 nitrogen and oxygen atoms in total. The molecule has 2 N–H and O–H groups in total. The summed E-state index contributed by atoms with van der Waals surface area (Å²) in [6.07, 6.45) is -5.54. The number of nitrogens with two attached hydrogens (primary N) is 1. The summed E-state index contributed by atoms with van der Waals surface area (Å²) in [5.74, 6) is -0.719. The predicted octanol–water partition coefficient (Wildman–Crippen LogP) is 2.39. The topological polar surface area (TPSA) is 61.5 Å². The van der Waals surface area contributed by atoms with E-state index in [0.717, 1.165) is 0 Å². The number of benzene rings is 1. The van der Waals surface area contributed by atoms with E-state index in [0.29, 0.717) is 5.69 Å². The number of nitrogen functional groups attached to an aromatic ring is 1. The van der Waals surface area contributed by atoms with Crippen molar-refractivity contribution in [2.45, 2.75) is 12.6 Å². The van der Waals surface area contributed by atoms with E-state index in [-0.39, 0.29) is 11.3 Å². The SMILES string of the molecule is COc1cc(N)ccc1C(=O)OCCC(F)(F)F. The highest BCUT2D eigenvalue weighted by Crippen LogP contribution is 2.23. The monoisotopic (exact) mass is 263 g/mol. The van der Waals surface area contributed by atoms with Gasteiger partial charge in [0.05, 0.1) is 13.5 Å². The van der Waals surface area contributed by atoms with Crippen LogP contribution in [0.25, 0.3) is 0 Å². The number of halogens is 3. The lowest BCUT2D eigenvalue weighted by atomic mass is 10.2. The van der Waals surface area contributed by atoms with Crippen molar-refractivity contribution in [2.24, 2.45) is 0 Å². The van der Waals surface area contributed by atoms with Gasteiger partial charge in [-0.2, -0.15) is 13.2 Å². The van der Waals surface area contributed by atoms with E-state index in [1.54, 1.807) is 0 Å². The molecule has 0 spiro atoms. The Kier molecular flexibility index (Phi) is 4.41. The molecule has 100 valence electrons. The summed E-state index contributed by atoms with van der Waals surface area (Å²) in [5.41, 5.74) is 5.89. The molecule has 0 saturated carbocycles. The minimum atomic E-state index is -4.36. The first kappa shape index (κ1) is 14.1. The van der Waals surface area contributed by atoms with Gasteiger partial charge in [0.2, 0.25) is 0 Å². The van der Waals surface area contributed by atoms with Crippen LogP contribution in [-0.4, -0.2) is 25.9 Å². The number of hydrogen-bond acceptors (Lipinski definition) is 4. The smallest absolute Gasteiger partial charge is 0.392 e. The number of alkyl halides is 3. The molecule has 0 aromatic heterocycles. The highest BCUT2D eigenvalue weighted by Gasteiger charge is 2.27. The predicted molar refractivity (Wildman–Crippen MR) is 58.4 cm³/mol. The number of methoxy groups -OCH3 is 1. The first-order valence-electron chi connectivity index (χ1n) is 5.01. The Morgan fingerprint density at radius 1 is 1.39 bits per heavy atom. The molecule has 0 amide bonds. The molecule has 0 saturated heterocycles. The second kappa shape index (κ2) is 5.61. The van der Waals surface area contributed by atoms with Crippen LogP contribution in [0.5, 0.6) is 5.75 Å². The van der Waals surface area contributed by atoms with E-state index in [4.69, 9.17) is 10.5 Å². The van der Waals surface area contributed by atoms with Gasteiger partial charge in [-0.05, 0) is 12.1 Å². The molecule has 1 aromatic rings. The highest BCUT2D eigenvalue weighted by atomic mass is 19.4. The first-order valence-corrected chi connectivity index (χ1v) is 5.01. The summed E-state index contributed by atoms with van der Waals surface area (Å²) in [7, 11) is 1.32. The molecule has 7 heteroatoms. The third-order valence-corrected chi connectivity index (χ3v) is 2.06. The molecule has 0 aliphatic carbocycles. The lowest BCUT2D eigenvalue weighted by molar-refractivity contribution is -0.141. The van der Waals surface area contributed by atoms with Crippen LogP contribution in [0.1, 0.15) is 16.8 Å². The third kappa shape index (κ3) is 4.15. The molecule has 0 aliphatic rings. The van der Waals surface area contributed by atoms with Crippen molar-refractivity contribution in [1.82, 2.24) is 0 Å². The Bertz CT molecular complexity index is 432. The van der Waals surface area contributed by atoms with E-state index in [1.165, 1.54) is 25.3 Å². The van der Waals surface area contributed by atoms with Crippen molar-refractivity contribution in [3.8, 4) is 5.75 Å². The van der Waals surface area contributed by atoms with Gasteiger partial charge in [0.25, 0.3) is 0 Å². The van der Waals surface area contributed by atoms with E-state index in [2.05, 4.69) is 4.74 Å². The summed E-state index contributed by atoms with van der Waals surface area (Å²) < 4.78 is 45.0. The van der Waals surface area contributed by atoms with Gasteiger partial charge in [0, 0.05) is 11.8 Å². The van der Waals surface area contributed by atoms with E-state index in [9.17, 15) is 18.0 Å². The number of carbonyl (C=O) groups excluding carboxylic acids is 1. The fourth-order valence-corrected chi connectivity index (χ4v) is 1.21. The Balaban J connectivity index is 2.67.